The van der Waals surface area contributed by atoms with Gasteiger partial charge in [0.2, 0.25) is 5.91 Å². The number of benzene rings is 1. The number of anilines is 1. The minimum Gasteiger partial charge on any atom is -0.358 e. The third kappa shape index (κ3) is 3.88. The zero-order valence-corrected chi connectivity index (χ0v) is 14.8. The molecule has 0 aliphatic heterocycles. The Kier molecular flexibility index (Phi) is 5.26. The molecule has 0 saturated heterocycles. The summed E-state index contributed by atoms with van der Waals surface area (Å²) in [5.41, 5.74) is 2.19. The van der Waals surface area contributed by atoms with E-state index in [0.717, 1.165) is 16.6 Å². The molecule has 2 aromatic heterocycles. The fourth-order valence-corrected chi connectivity index (χ4v) is 2.70. The van der Waals surface area contributed by atoms with E-state index in [0.29, 0.717) is 18.9 Å². The summed E-state index contributed by atoms with van der Waals surface area (Å²) < 4.78 is 1.61. The average Bonchev–Trinajstić information content (AvgIpc) is 2.66. The topological polar surface area (TPSA) is 80.1 Å². The molecule has 134 valence electrons. The zero-order chi connectivity index (χ0) is 18.5. The lowest BCUT2D eigenvalue weighted by atomic mass is 10.2. The Morgan fingerprint density at radius 1 is 1.19 bits per heavy atom. The van der Waals surface area contributed by atoms with E-state index in [1.807, 2.05) is 36.4 Å². The number of hydrogen-bond donors (Lipinski definition) is 1. The number of fused-ring (bicyclic) bond motifs is 1. The van der Waals surface area contributed by atoms with Gasteiger partial charge in [-0.3, -0.25) is 14.6 Å². The van der Waals surface area contributed by atoms with Crippen molar-refractivity contribution in [3.63, 3.8) is 0 Å². The molecular weight excluding hydrogens is 330 g/mol. The second kappa shape index (κ2) is 7.77. The lowest BCUT2D eigenvalue weighted by Gasteiger charge is -2.16. The maximum atomic E-state index is 12.7. The van der Waals surface area contributed by atoms with Crippen LogP contribution in [0.3, 0.4) is 0 Å². The molecule has 3 aromatic rings. The van der Waals surface area contributed by atoms with Crippen LogP contribution in [0.25, 0.3) is 11.0 Å². The van der Waals surface area contributed by atoms with Crippen molar-refractivity contribution >= 4 is 22.8 Å². The van der Waals surface area contributed by atoms with E-state index in [4.69, 9.17) is 0 Å². The first-order valence-corrected chi connectivity index (χ1v) is 8.39. The second-order valence-corrected chi connectivity index (χ2v) is 6.16. The van der Waals surface area contributed by atoms with Crippen molar-refractivity contribution in [1.29, 1.82) is 0 Å². The molecule has 0 spiro atoms. The summed E-state index contributed by atoms with van der Waals surface area (Å²) in [6, 6.07) is 11.2. The highest BCUT2D eigenvalue weighted by atomic mass is 16.2. The van der Waals surface area contributed by atoms with E-state index < -0.39 is 0 Å². The van der Waals surface area contributed by atoms with Gasteiger partial charge in [-0.2, -0.15) is 0 Å². The maximum Gasteiger partial charge on any atom is 0.293 e. The molecule has 1 N–H and O–H groups in total. The average molecular weight is 351 g/mol. The van der Waals surface area contributed by atoms with Gasteiger partial charge in [0, 0.05) is 46.0 Å². The van der Waals surface area contributed by atoms with Crippen LogP contribution in [0.1, 0.15) is 12.0 Å². The number of nitrogens with one attached hydrogen (secondary N) is 1. The monoisotopic (exact) mass is 351 g/mol. The van der Waals surface area contributed by atoms with Gasteiger partial charge in [0.05, 0.1) is 11.0 Å². The van der Waals surface area contributed by atoms with Crippen molar-refractivity contribution in [2.45, 2.75) is 19.5 Å². The van der Waals surface area contributed by atoms with E-state index >= 15 is 0 Å². The van der Waals surface area contributed by atoms with Gasteiger partial charge >= 0.3 is 0 Å². The summed E-state index contributed by atoms with van der Waals surface area (Å²) in [7, 11) is 3.56. The largest absolute Gasteiger partial charge is 0.358 e. The Balaban J connectivity index is 1.76. The van der Waals surface area contributed by atoms with Gasteiger partial charge in [0.1, 0.15) is 0 Å². The van der Waals surface area contributed by atoms with E-state index in [-0.39, 0.29) is 17.9 Å². The van der Waals surface area contributed by atoms with Crippen molar-refractivity contribution in [2.75, 3.05) is 19.0 Å². The first-order valence-electron chi connectivity index (χ1n) is 8.39. The standard InChI is InChI=1S/C19H21N5O2/c1-23(2)18-19(26)24(16-8-4-3-7-15(16)22-18)11-9-17(25)21-13-14-6-5-10-20-12-14/h3-8,10,12H,9,11,13H2,1-2H3,(H,21,25). The van der Waals surface area contributed by atoms with Crippen LogP contribution in [0.2, 0.25) is 0 Å². The molecule has 2 heterocycles. The van der Waals surface area contributed by atoms with Crippen LogP contribution < -0.4 is 15.8 Å². The number of hydrogen-bond acceptors (Lipinski definition) is 5. The van der Waals surface area contributed by atoms with Crippen LogP contribution in [0.15, 0.2) is 53.6 Å². The Labute approximate surface area is 151 Å². The minimum absolute atomic E-state index is 0.118. The molecule has 1 amide bonds. The molecule has 0 radical (unpaired) electrons. The number of carbonyl (C=O) groups is 1. The molecular formula is C19H21N5O2. The zero-order valence-electron chi connectivity index (χ0n) is 14.8. The number of aryl methyl sites for hydroxylation is 1. The molecule has 0 bridgehead atoms. The number of amides is 1. The first-order chi connectivity index (χ1) is 12.6. The predicted molar refractivity (Wildman–Crippen MR) is 101 cm³/mol. The Bertz CT molecular complexity index is 967. The third-order valence-electron chi connectivity index (χ3n) is 4.03. The Morgan fingerprint density at radius 2 is 2.00 bits per heavy atom. The molecule has 0 atom stereocenters. The van der Waals surface area contributed by atoms with E-state index in [2.05, 4.69) is 15.3 Å². The molecule has 7 heteroatoms. The smallest absolute Gasteiger partial charge is 0.293 e. The predicted octanol–water partition coefficient (Wildman–Crippen LogP) is 1.56. The Morgan fingerprint density at radius 3 is 2.73 bits per heavy atom. The van der Waals surface area contributed by atoms with E-state index in [1.165, 1.54) is 0 Å². The van der Waals surface area contributed by atoms with E-state index in [9.17, 15) is 9.59 Å². The molecule has 0 saturated carbocycles. The quantitative estimate of drug-likeness (QED) is 0.729. The summed E-state index contributed by atoms with van der Waals surface area (Å²) in [4.78, 5) is 35.0. The summed E-state index contributed by atoms with van der Waals surface area (Å²) in [5.74, 6) is 0.243. The van der Waals surface area contributed by atoms with Gasteiger partial charge in [-0.15, -0.1) is 0 Å². The summed E-state index contributed by atoms with van der Waals surface area (Å²) in [5, 5.41) is 2.85. The number of nitrogens with zero attached hydrogens (tertiary/aromatic N) is 4. The normalized spacial score (nSPS) is 10.7. The van der Waals surface area contributed by atoms with Gasteiger partial charge in [-0.25, -0.2) is 4.98 Å². The maximum absolute atomic E-state index is 12.7. The van der Waals surface area contributed by atoms with Crippen molar-refractivity contribution < 1.29 is 4.79 Å². The van der Waals surface area contributed by atoms with Crippen LogP contribution in [0.4, 0.5) is 5.82 Å². The fraction of sp³-hybridized carbons (Fsp3) is 0.263. The molecule has 0 unspecified atom stereocenters. The van der Waals surface area contributed by atoms with Crippen molar-refractivity contribution in [3.8, 4) is 0 Å². The van der Waals surface area contributed by atoms with Crippen LogP contribution in [-0.4, -0.2) is 34.5 Å². The highest BCUT2D eigenvalue weighted by Crippen LogP contribution is 2.13. The highest BCUT2D eigenvalue weighted by Gasteiger charge is 2.13. The van der Waals surface area contributed by atoms with Crippen LogP contribution in [-0.2, 0) is 17.9 Å². The van der Waals surface area contributed by atoms with Crippen molar-refractivity contribution in [2.24, 2.45) is 0 Å². The van der Waals surface area contributed by atoms with Gasteiger partial charge in [0.15, 0.2) is 5.82 Å². The molecule has 0 aliphatic carbocycles. The SMILES string of the molecule is CN(C)c1nc2ccccc2n(CCC(=O)NCc2cccnc2)c1=O. The highest BCUT2D eigenvalue weighted by molar-refractivity contribution is 5.78. The lowest BCUT2D eigenvalue weighted by molar-refractivity contribution is -0.121. The van der Waals surface area contributed by atoms with Crippen molar-refractivity contribution in [3.05, 3.63) is 64.7 Å². The number of pyridine rings is 1. The van der Waals surface area contributed by atoms with Crippen LogP contribution in [0.5, 0.6) is 0 Å². The fourth-order valence-electron chi connectivity index (χ4n) is 2.70. The molecule has 26 heavy (non-hydrogen) atoms. The summed E-state index contributed by atoms with van der Waals surface area (Å²) in [6.07, 6.45) is 3.61. The van der Waals surface area contributed by atoms with E-state index in [1.54, 1.807) is 36.0 Å². The second-order valence-electron chi connectivity index (χ2n) is 6.16. The first kappa shape index (κ1) is 17.6. The minimum atomic E-state index is -0.200. The number of aromatic nitrogens is 3. The van der Waals surface area contributed by atoms with Gasteiger partial charge in [0.25, 0.3) is 5.56 Å². The number of para-hydroxylation sites is 2. The third-order valence-corrected chi connectivity index (χ3v) is 4.03. The molecule has 1 aromatic carbocycles. The Hall–Kier alpha value is -3.22. The summed E-state index contributed by atoms with van der Waals surface area (Å²) >= 11 is 0. The van der Waals surface area contributed by atoms with Gasteiger partial charge in [-0.05, 0) is 23.8 Å². The molecule has 7 nitrogen and oxygen atoms in total. The number of carbonyl (C=O) groups excluding carboxylic acids is 1. The van der Waals surface area contributed by atoms with Gasteiger partial charge in [-0.1, -0.05) is 18.2 Å². The molecule has 0 fully saturated rings. The summed E-state index contributed by atoms with van der Waals surface area (Å²) in [6.45, 7) is 0.712. The van der Waals surface area contributed by atoms with Crippen LogP contribution >= 0.6 is 0 Å². The van der Waals surface area contributed by atoms with Crippen molar-refractivity contribution in [1.82, 2.24) is 19.9 Å². The van der Waals surface area contributed by atoms with Crippen LogP contribution in [0, 0.1) is 0 Å². The van der Waals surface area contributed by atoms with Gasteiger partial charge < -0.3 is 14.8 Å². The lowest BCUT2D eigenvalue weighted by Crippen LogP contribution is -2.31. The molecule has 0 aliphatic rings. The molecule has 3 rings (SSSR count). The number of rotatable bonds is 6.